The lowest BCUT2D eigenvalue weighted by atomic mass is 10.1. The van der Waals surface area contributed by atoms with E-state index in [1.54, 1.807) is 0 Å². The van der Waals surface area contributed by atoms with E-state index in [4.69, 9.17) is 4.74 Å². The van der Waals surface area contributed by atoms with Gasteiger partial charge in [-0.1, -0.05) is 0 Å². The number of carbonyl (C=O) groups is 2. The maximum Gasteiger partial charge on any atom is 0.417 e. The monoisotopic (exact) mass is 352 g/mol. The molecule has 2 aromatic rings. The Morgan fingerprint density at radius 2 is 1.96 bits per heavy atom. The summed E-state index contributed by atoms with van der Waals surface area (Å²) in [6, 6.07) is 5.66. The highest BCUT2D eigenvalue weighted by Crippen LogP contribution is 2.29. The first-order chi connectivity index (χ1) is 11.7. The summed E-state index contributed by atoms with van der Waals surface area (Å²) in [5.41, 5.74) is -1.32. The Hall–Kier alpha value is -3.10. The van der Waals surface area contributed by atoms with Crippen LogP contribution in [0.25, 0.3) is 0 Å². The number of ether oxygens (including phenoxy) is 1. The van der Waals surface area contributed by atoms with E-state index in [-0.39, 0.29) is 18.1 Å². The van der Waals surface area contributed by atoms with Gasteiger partial charge in [0.1, 0.15) is 5.75 Å². The van der Waals surface area contributed by atoms with Crippen LogP contribution in [-0.4, -0.2) is 22.9 Å². The van der Waals surface area contributed by atoms with Gasteiger partial charge < -0.3 is 14.6 Å². The molecule has 0 saturated carbocycles. The number of aromatic nitrogens is 1. The topological polar surface area (TPSA) is 77.4 Å². The van der Waals surface area contributed by atoms with Gasteiger partial charge in [0.15, 0.2) is 12.4 Å². The molecule has 0 unspecified atom stereocenters. The molecular weight excluding hydrogens is 341 g/mol. The molecule has 25 heavy (non-hydrogen) atoms. The first kappa shape index (κ1) is 16.7. The van der Waals surface area contributed by atoms with Crippen molar-refractivity contribution in [3.8, 4) is 5.75 Å². The summed E-state index contributed by atoms with van der Waals surface area (Å²) < 4.78 is 44.0. The number of pyridine rings is 1. The van der Waals surface area contributed by atoms with Gasteiger partial charge in [-0.25, -0.2) is 0 Å². The molecule has 0 atom stereocenters. The van der Waals surface area contributed by atoms with Gasteiger partial charge in [-0.15, -0.1) is 0 Å². The minimum absolute atomic E-state index is 0.133. The van der Waals surface area contributed by atoms with E-state index in [1.807, 2.05) is 0 Å². The number of nitrogens with zero attached hydrogens (tertiary/aromatic N) is 1. The second-order valence-corrected chi connectivity index (χ2v) is 5.35. The van der Waals surface area contributed by atoms with Crippen molar-refractivity contribution in [2.24, 2.45) is 0 Å². The Kier molecular flexibility index (Phi) is 4.07. The number of hydrogen-bond donors (Lipinski definition) is 1. The summed E-state index contributed by atoms with van der Waals surface area (Å²) in [5.74, 6) is -0.581. The van der Waals surface area contributed by atoms with Gasteiger partial charge in [-0.05, 0) is 24.3 Å². The van der Waals surface area contributed by atoms with Crippen molar-refractivity contribution < 1.29 is 27.5 Å². The van der Waals surface area contributed by atoms with Crippen LogP contribution in [0.2, 0.25) is 0 Å². The molecule has 1 amide bonds. The summed E-state index contributed by atoms with van der Waals surface area (Å²) in [4.78, 5) is 35.3. The molecule has 0 saturated heterocycles. The van der Waals surface area contributed by atoms with E-state index in [9.17, 15) is 27.6 Å². The largest absolute Gasteiger partial charge is 0.482 e. The maximum atomic E-state index is 12.7. The molecule has 1 aromatic carbocycles. The van der Waals surface area contributed by atoms with E-state index in [0.29, 0.717) is 28.3 Å². The molecule has 1 N–H and O–H groups in total. The van der Waals surface area contributed by atoms with Crippen molar-refractivity contribution in [2.75, 3.05) is 11.9 Å². The number of Topliss-reactive ketones (excluding diaryl/α,β-unsaturated/α-hetero) is 1. The van der Waals surface area contributed by atoms with Gasteiger partial charge in [0.05, 0.1) is 17.8 Å². The molecule has 3 rings (SSSR count). The lowest BCUT2D eigenvalue weighted by Crippen LogP contribution is -2.26. The number of benzene rings is 1. The zero-order valence-corrected chi connectivity index (χ0v) is 12.6. The van der Waals surface area contributed by atoms with E-state index in [1.165, 1.54) is 18.2 Å². The molecule has 0 bridgehead atoms. The second kappa shape index (κ2) is 6.08. The number of anilines is 1. The van der Waals surface area contributed by atoms with Crippen molar-refractivity contribution in [3.05, 3.63) is 58.0 Å². The zero-order chi connectivity index (χ0) is 18.2. The Morgan fingerprint density at radius 3 is 2.68 bits per heavy atom. The average molecular weight is 352 g/mol. The van der Waals surface area contributed by atoms with Crippen molar-refractivity contribution in [3.63, 3.8) is 0 Å². The Balaban J connectivity index is 1.87. The summed E-state index contributed by atoms with van der Waals surface area (Å²) >= 11 is 0. The van der Waals surface area contributed by atoms with Gasteiger partial charge >= 0.3 is 6.18 Å². The number of halogens is 3. The molecule has 6 nitrogen and oxygen atoms in total. The van der Waals surface area contributed by atoms with Crippen LogP contribution in [0.5, 0.6) is 5.75 Å². The number of carbonyl (C=O) groups excluding carboxylic acids is 2. The van der Waals surface area contributed by atoms with E-state index in [2.05, 4.69) is 5.32 Å². The third-order valence-corrected chi connectivity index (χ3v) is 3.56. The van der Waals surface area contributed by atoms with Crippen LogP contribution in [0.3, 0.4) is 0 Å². The summed E-state index contributed by atoms with van der Waals surface area (Å²) in [5, 5.41) is 2.53. The fourth-order valence-corrected chi connectivity index (χ4v) is 2.33. The van der Waals surface area contributed by atoms with Gasteiger partial charge in [0, 0.05) is 17.8 Å². The Morgan fingerprint density at radius 1 is 1.20 bits per heavy atom. The summed E-state index contributed by atoms with van der Waals surface area (Å²) in [7, 11) is 0. The summed E-state index contributed by atoms with van der Waals surface area (Å²) in [6.45, 7) is -0.698. The van der Waals surface area contributed by atoms with E-state index in [0.717, 1.165) is 6.07 Å². The maximum absolute atomic E-state index is 12.7. The van der Waals surface area contributed by atoms with Crippen molar-refractivity contribution >= 4 is 17.4 Å². The lowest BCUT2D eigenvalue weighted by Gasteiger charge is -2.18. The molecule has 9 heteroatoms. The number of nitrogens with one attached hydrogen (secondary N) is 1. The number of alkyl halides is 3. The molecule has 1 aliphatic rings. The standard InChI is InChI=1S/C16H11F3N2O4/c17-16(18,19)10-2-4-15(24)21(6-10)7-12(22)9-1-3-13-11(5-9)20-14(23)8-25-13/h1-6H,7-8H2,(H,20,23). The minimum atomic E-state index is -4.62. The SMILES string of the molecule is O=C1COc2ccc(C(=O)Cn3cc(C(F)(F)F)ccc3=O)cc2N1. The highest BCUT2D eigenvalue weighted by molar-refractivity contribution is 6.00. The highest BCUT2D eigenvalue weighted by Gasteiger charge is 2.31. The number of fused-ring (bicyclic) bond motifs is 1. The summed E-state index contributed by atoms with van der Waals surface area (Å²) in [6.07, 6.45) is -4.02. The van der Waals surface area contributed by atoms with Crippen LogP contribution in [0, 0.1) is 0 Å². The van der Waals surface area contributed by atoms with Gasteiger partial charge in [-0.3, -0.25) is 14.4 Å². The van der Waals surface area contributed by atoms with Gasteiger partial charge in [-0.2, -0.15) is 13.2 Å². The van der Waals surface area contributed by atoms with E-state index < -0.39 is 29.6 Å². The molecule has 0 fully saturated rings. The van der Waals surface area contributed by atoms with Crippen LogP contribution >= 0.6 is 0 Å². The molecular formula is C16H11F3N2O4. The predicted octanol–water partition coefficient (Wildman–Crippen LogP) is 2.08. The first-order valence-electron chi connectivity index (χ1n) is 7.11. The smallest absolute Gasteiger partial charge is 0.417 e. The first-order valence-corrected chi connectivity index (χ1v) is 7.11. The molecule has 0 spiro atoms. The van der Waals surface area contributed by atoms with Crippen LogP contribution in [0.15, 0.2) is 41.3 Å². The van der Waals surface area contributed by atoms with Crippen LogP contribution in [0.1, 0.15) is 15.9 Å². The lowest BCUT2D eigenvalue weighted by molar-refractivity contribution is -0.138. The molecule has 0 radical (unpaired) electrons. The van der Waals surface area contributed by atoms with Crippen molar-refractivity contribution in [2.45, 2.75) is 12.7 Å². The molecule has 2 heterocycles. The predicted molar refractivity (Wildman–Crippen MR) is 80.6 cm³/mol. The van der Waals surface area contributed by atoms with Gasteiger partial charge in [0.2, 0.25) is 0 Å². The zero-order valence-electron chi connectivity index (χ0n) is 12.6. The third-order valence-electron chi connectivity index (χ3n) is 3.56. The molecule has 130 valence electrons. The third kappa shape index (κ3) is 3.54. The van der Waals surface area contributed by atoms with Crippen molar-refractivity contribution in [1.29, 1.82) is 0 Å². The minimum Gasteiger partial charge on any atom is -0.482 e. The number of amides is 1. The van der Waals surface area contributed by atoms with Crippen LogP contribution in [-0.2, 0) is 17.5 Å². The van der Waals surface area contributed by atoms with Crippen LogP contribution < -0.4 is 15.6 Å². The second-order valence-electron chi connectivity index (χ2n) is 5.35. The molecule has 1 aliphatic heterocycles. The fraction of sp³-hybridized carbons (Fsp3) is 0.188. The molecule has 0 aliphatic carbocycles. The number of ketones is 1. The van der Waals surface area contributed by atoms with Gasteiger partial charge in [0.25, 0.3) is 11.5 Å². The normalized spacial score (nSPS) is 13.6. The number of rotatable bonds is 3. The quantitative estimate of drug-likeness (QED) is 0.858. The average Bonchev–Trinajstić information content (AvgIpc) is 2.55. The highest BCUT2D eigenvalue weighted by atomic mass is 19.4. The Labute approximate surface area is 138 Å². The Bertz CT molecular complexity index is 918. The molecule has 1 aromatic heterocycles. The van der Waals surface area contributed by atoms with Crippen molar-refractivity contribution in [1.82, 2.24) is 4.57 Å². The fourth-order valence-electron chi connectivity index (χ4n) is 2.33. The van der Waals surface area contributed by atoms with Crippen LogP contribution in [0.4, 0.5) is 18.9 Å². The number of hydrogen-bond acceptors (Lipinski definition) is 4. The van der Waals surface area contributed by atoms with E-state index >= 15 is 0 Å².